The summed E-state index contributed by atoms with van der Waals surface area (Å²) in [6, 6.07) is 0. The van der Waals surface area contributed by atoms with Crippen LogP contribution in [-0.4, -0.2) is 28.1 Å². The standard InChI is InChI=1S/C12H17N5OS/c1-3-18-11-9(13)10(16-7-17-11)15-6-8(2)12-14-4-5-19-12/h4-5,7-8H,3,6,13H2,1-2H3,(H,15,16,17). The smallest absolute Gasteiger partial charge is 0.242 e. The summed E-state index contributed by atoms with van der Waals surface area (Å²) in [6.07, 6.45) is 3.25. The summed E-state index contributed by atoms with van der Waals surface area (Å²) < 4.78 is 5.33. The van der Waals surface area contributed by atoms with Crippen molar-refractivity contribution in [3.63, 3.8) is 0 Å². The highest BCUT2D eigenvalue weighted by atomic mass is 32.1. The second kappa shape index (κ2) is 6.33. The second-order valence-corrected chi connectivity index (χ2v) is 4.95. The summed E-state index contributed by atoms with van der Waals surface area (Å²) in [5.41, 5.74) is 6.39. The van der Waals surface area contributed by atoms with E-state index < -0.39 is 0 Å². The van der Waals surface area contributed by atoms with Gasteiger partial charge in [0.1, 0.15) is 12.0 Å². The summed E-state index contributed by atoms with van der Waals surface area (Å²) in [4.78, 5) is 12.4. The number of rotatable bonds is 6. The summed E-state index contributed by atoms with van der Waals surface area (Å²) in [7, 11) is 0. The molecule has 0 amide bonds. The highest BCUT2D eigenvalue weighted by Gasteiger charge is 2.12. The molecule has 1 unspecified atom stereocenters. The molecule has 1 atom stereocenters. The van der Waals surface area contributed by atoms with Crippen molar-refractivity contribution in [3.8, 4) is 5.88 Å². The number of ether oxygens (including phenoxy) is 1. The average Bonchev–Trinajstić information content (AvgIpc) is 2.94. The molecule has 6 nitrogen and oxygen atoms in total. The highest BCUT2D eigenvalue weighted by molar-refractivity contribution is 7.09. The van der Waals surface area contributed by atoms with Gasteiger partial charge in [-0.1, -0.05) is 6.92 Å². The number of nitrogens with one attached hydrogen (secondary N) is 1. The van der Waals surface area contributed by atoms with Gasteiger partial charge in [0.25, 0.3) is 0 Å². The van der Waals surface area contributed by atoms with E-state index in [4.69, 9.17) is 10.5 Å². The third-order valence-corrected chi connectivity index (χ3v) is 3.58. The van der Waals surface area contributed by atoms with Gasteiger partial charge in [-0.25, -0.2) is 9.97 Å². The lowest BCUT2D eigenvalue weighted by Crippen LogP contribution is -2.13. The van der Waals surface area contributed by atoms with Crippen LogP contribution in [0.15, 0.2) is 17.9 Å². The molecule has 0 aromatic carbocycles. The van der Waals surface area contributed by atoms with Crippen molar-refractivity contribution in [2.45, 2.75) is 19.8 Å². The molecule has 0 radical (unpaired) electrons. The van der Waals surface area contributed by atoms with Crippen LogP contribution in [0.1, 0.15) is 24.8 Å². The quantitative estimate of drug-likeness (QED) is 0.842. The van der Waals surface area contributed by atoms with Crippen LogP contribution >= 0.6 is 11.3 Å². The van der Waals surface area contributed by atoms with Gasteiger partial charge in [-0.05, 0) is 6.92 Å². The molecule has 2 rings (SSSR count). The minimum atomic E-state index is 0.296. The third-order valence-electron chi connectivity index (χ3n) is 2.58. The van der Waals surface area contributed by atoms with Gasteiger partial charge in [0.15, 0.2) is 5.82 Å². The van der Waals surface area contributed by atoms with E-state index >= 15 is 0 Å². The number of nitrogens with two attached hydrogens (primary N) is 1. The van der Waals surface area contributed by atoms with Crippen molar-refractivity contribution in [2.75, 3.05) is 24.2 Å². The number of anilines is 2. The molecule has 0 aliphatic rings. The van der Waals surface area contributed by atoms with E-state index in [1.807, 2.05) is 18.5 Å². The molecule has 7 heteroatoms. The predicted octanol–water partition coefficient (Wildman–Crippen LogP) is 2.13. The highest BCUT2D eigenvalue weighted by Crippen LogP contribution is 2.25. The Balaban J connectivity index is 2.01. The Hall–Kier alpha value is -1.89. The molecule has 0 bridgehead atoms. The summed E-state index contributed by atoms with van der Waals surface area (Å²) in [6.45, 7) is 5.22. The van der Waals surface area contributed by atoms with Crippen LogP contribution in [-0.2, 0) is 0 Å². The van der Waals surface area contributed by atoms with Gasteiger partial charge in [0, 0.05) is 24.0 Å². The van der Waals surface area contributed by atoms with Crippen LogP contribution in [0.3, 0.4) is 0 Å². The van der Waals surface area contributed by atoms with Crippen molar-refractivity contribution in [3.05, 3.63) is 22.9 Å². The van der Waals surface area contributed by atoms with Crippen LogP contribution in [0.25, 0.3) is 0 Å². The molecular weight excluding hydrogens is 262 g/mol. The molecule has 3 N–H and O–H groups in total. The van der Waals surface area contributed by atoms with Crippen molar-refractivity contribution < 1.29 is 4.74 Å². The number of nitrogens with zero attached hydrogens (tertiary/aromatic N) is 3. The lowest BCUT2D eigenvalue weighted by molar-refractivity contribution is 0.328. The van der Waals surface area contributed by atoms with Gasteiger partial charge in [-0.15, -0.1) is 11.3 Å². The van der Waals surface area contributed by atoms with E-state index in [0.717, 1.165) is 5.01 Å². The largest absolute Gasteiger partial charge is 0.476 e. The zero-order valence-corrected chi connectivity index (χ0v) is 11.8. The normalized spacial score (nSPS) is 12.1. The molecule has 19 heavy (non-hydrogen) atoms. The molecule has 2 aromatic heterocycles. The maximum atomic E-state index is 5.95. The molecule has 0 aliphatic heterocycles. The maximum absolute atomic E-state index is 5.95. The zero-order chi connectivity index (χ0) is 13.7. The zero-order valence-electron chi connectivity index (χ0n) is 11.0. The second-order valence-electron chi connectivity index (χ2n) is 4.03. The monoisotopic (exact) mass is 279 g/mol. The number of hydrogen-bond acceptors (Lipinski definition) is 7. The predicted molar refractivity (Wildman–Crippen MR) is 76.6 cm³/mol. The maximum Gasteiger partial charge on any atom is 0.242 e. The average molecular weight is 279 g/mol. The molecule has 0 fully saturated rings. The fraction of sp³-hybridized carbons (Fsp3) is 0.417. The number of hydrogen-bond donors (Lipinski definition) is 2. The Morgan fingerprint density at radius 1 is 1.42 bits per heavy atom. The SMILES string of the molecule is CCOc1ncnc(NCC(C)c2nccs2)c1N. The molecule has 2 aromatic rings. The van der Waals surface area contributed by atoms with Crippen molar-refractivity contribution in [1.29, 1.82) is 0 Å². The van der Waals surface area contributed by atoms with E-state index in [2.05, 4.69) is 27.2 Å². The first kappa shape index (κ1) is 13.5. The van der Waals surface area contributed by atoms with Crippen molar-refractivity contribution >= 4 is 22.8 Å². The molecule has 0 spiro atoms. The Kier molecular flexibility index (Phi) is 4.51. The van der Waals surface area contributed by atoms with E-state index in [1.54, 1.807) is 11.3 Å². The fourth-order valence-corrected chi connectivity index (χ4v) is 2.29. The Morgan fingerprint density at radius 3 is 2.95 bits per heavy atom. The fourth-order valence-electron chi connectivity index (χ4n) is 1.59. The van der Waals surface area contributed by atoms with Gasteiger partial charge >= 0.3 is 0 Å². The number of thiazole rings is 1. The van der Waals surface area contributed by atoms with Crippen LogP contribution in [0, 0.1) is 0 Å². The van der Waals surface area contributed by atoms with Gasteiger partial charge in [0.2, 0.25) is 5.88 Å². The lowest BCUT2D eigenvalue weighted by Gasteiger charge is -2.13. The summed E-state index contributed by atoms with van der Waals surface area (Å²) >= 11 is 1.64. The first-order valence-corrected chi connectivity index (χ1v) is 6.96. The molecule has 0 saturated carbocycles. The van der Waals surface area contributed by atoms with Crippen molar-refractivity contribution in [2.24, 2.45) is 0 Å². The Bertz CT molecular complexity index is 517. The van der Waals surface area contributed by atoms with Crippen LogP contribution in [0.5, 0.6) is 5.88 Å². The van der Waals surface area contributed by atoms with E-state index in [1.165, 1.54) is 6.33 Å². The summed E-state index contributed by atoms with van der Waals surface area (Å²) in [5, 5.41) is 6.27. The molecular formula is C12H17N5OS. The van der Waals surface area contributed by atoms with E-state index in [9.17, 15) is 0 Å². The number of nitrogen functional groups attached to an aromatic ring is 1. The molecule has 0 aliphatic carbocycles. The first-order chi connectivity index (χ1) is 9.22. The molecule has 0 saturated heterocycles. The van der Waals surface area contributed by atoms with Gasteiger partial charge < -0.3 is 15.8 Å². The van der Waals surface area contributed by atoms with Crippen LogP contribution in [0.4, 0.5) is 11.5 Å². The van der Waals surface area contributed by atoms with Crippen molar-refractivity contribution in [1.82, 2.24) is 15.0 Å². The van der Waals surface area contributed by atoms with E-state index in [-0.39, 0.29) is 0 Å². The Morgan fingerprint density at radius 2 is 2.26 bits per heavy atom. The minimum Gasteiger partial charge on any atom is -0.476 e. The summed E-state index contributed by atoms with van der Waals surface area (Å²) in [5.74, 6) is 1.31. The molecule has 102 valence electrons. The number of aromatic nitrogens is 3. The van der Waals surface area contributed by atoms with Gasteiger partial charge in [-0.2, -0.15) is 4.98 Å². The van der Waals surface area contributed by atoms with Crippen LogP contribution in [0.2, 0.25) is 0 Å². The molecule has 2 heterocycles. The Labute approximate surface area is 116 Å². The van der Waals surface area contributed by atoms with Gasteiger partial charge in [-0.3, -0.25) is 0 Å². The van der Waals surface area contributed by atoms with Gasteiger partial charge in [0.05, 0.1) is 11.6 Å². The lowest BCUT2D eigenvalue weighted by atomic mass is 10.2. The minimum absolute atomic E-state index is 0.296. The first-order valence-electron chi connectivity index (χ1n) is 6.08. The topological polar surface area (TPSA) is 86.0 Å². The van der Waals surface area contributed by atoms with E-state index in [0.29, 0.717) is 36.5 Å². The third kappa shape index (κ3) is 3.31. The van der Waals surface area contributed by atoms with Crippen LogP contribution < -0.4 is 15.8 Å².